The molecule has 4 aromatic carbocycles. The highest BCUT2D eigenvalue weighted by Crippen LogP contribution is 2.48. The minimum Gasteiger partial charge on any atom is -0.378 e. The highest BCUT2D eigenvalue weighted by molar-refractivity contribution is 6.95. The number of nitrogens with zero attached hydrogens (tertiary/aromatic N) is 3. The molecule has 3 nitrogen and oxygen atoms in total. The van der Waals surface area contributed by atoms with Gasteiger partial charge in [0.2, 0.25) is 6.71 Å². The van der Waals surface area contributed by atoms with Crippen LogP contribution in [0.4, 0.5) is 34.1 Å². The van der Waals surface area contributed by atoms with Crippen LogP contribution >= 0.6 is 0 Å². The standard InChI is InChI=1S/C38H38BN3/c1-40(2)31-22-23-35-33(26-31)39-32-20-12-13-21-34(32)41(29-16-8-4-9-17-29)36-24-28(27-14-6-3-7-15-27)25-37(38(36)39)42(35)30-18-10-5-11-19-30/h4-5,8-11,13,16-19,21-27H,3,6-7,12,14-15,20H2,1-2H3. The van der Waals surface area contributed by atoms with E-state index in [9.17, 15) is 0 Å². The molecule has 0 aromatic heterocycles. The molecule has 4 heteroatoms. The van der Waals surface area contributed by atoms with E-state index in [2.05, 4.69) is 132 Å². The lowest BCUT2D eigenvalue weighted by Crippen LogP contribution is -2.56. The smallest absolute Gasteiger partial charge is 0.247 e. The topological polar surface area (TPSA) is 9.72 Å². The van der Waals surface area contributed by atoms with Gasteiger partial charge in [0.05, 0.1) is 0 Å². The highest BCUT2D eigenvalue weighted by Gasteiger charge is 2.44. The van der Waals surface area contributed by atoms with Crippen molar-refractivity contribution in [3.63, 3.8) is 0 Å². The summed E-state index contributed by atoms with van der Waals surface area (Å²) in [4.78, 5) is 7.38. The Morgan fingerprint density at radius 3 is 2.07 bits per heavy atom. The SMILES string of the molecule is CN(C)c1ccc2c(c1)B1C3=C(C=CCC3)N(c3ccccc3)c3cc(C4CCCCC4)cc(c31)N2c1ccccc1. The average Bonchev–Trinajstić information content (AvgIpc) is 3.05. The zero-order chi connectivity index (χ0) is 28.2. The van der Waals surface area contributed by atoms with E-state index in [4.69, 9.17) is 0 Å². The maximum absolute atomic E-state index is 2.58. The van der Waals surface area contributed by atoms with Crippen LogP contribution in [0, 0.1) is 0 Å². The van der Waals surface area contributed by atoms with Crippen molar-refractivity contribution in [2.24, 2.45) is 0 Å². The fraction of sp³-hybridized carbons (Fsp3) is 0.263. The van der Waals surface area contributed by atoms with Crippen molar-refractivity contribution in [2.45, 2.75) is 50.9 Å². The molecule has 4 aromatic rings. The third-order valence-corrected chi connectivity index (χ3v) is 9.89. The molecule has 208 valence electrons. The molecule has 0 unspecified atom stereocenters. The van der Waals surface area contributed by atoms with Gasteiger partial charge in [-0.25, -0.2) is 0 Å². The van der Waals surface area contributed by atoms with Gasteiger partial charge in [-0.1, -0.05) is 67.2 Å². The van der Waals surface area contributed by atoms with E-state index < -0.39 is 0 Å². The van der Waals surface area contributed by atoms with Crippen LogP contribution in [0.25, 0.3) is 0 Å². The average molecular weight is 548 g/mol. The number of hydrogen-bond acceptors (Lipinski definition) is 3. The lowest BCUT2D eigenvalue weighted by molar-refractivity contribution is 0.444. The number of para-hydroxylation sites is 2. The maximum Gasteiger partial charge on any atom is 0.247 e. The Bertz CT molecular complexity index is 1700. The van der Waals surface area contributed by atoms with Crippen molar-refractivity contribution in [1.82, 2.24) is 0 Å². The second-order valence-corrected chi connectivity index (χ2v) is 12.6. The Kier molecular flexibility index (Phi) is 6.24. The molecular formula is C38H38BN3. The van der Waals surface area contributed by atoms with E-state index in [1.807, 2.05) is 0 Å². The second-order valence-electron chi connectivity index (χ2n) is 12.6. The van der Waals surface area contributed by atoms with E-state index in [0.29, 0.717) is 5.92 Å². The van der Waals surface area contributed by atoms with Crippen molar-refractivity contribution in [1.29, 1.82) is 0 Å². The monoisotopic (exact) mass is 547 g/mol. The molecule has 1 saturated carbocycles. The molecule has 0 atom stereocenters. The van der Waals surface area contributed by atoms with Gasteiger partial charge >= 0.3 is 0 Å². The molecular weight excluding hydrogens is 509 g/mol. The van der Waals surface area contributed by atoms with Gasteiger partial charge in [0.25, 0.3) is 0 Å². The molecule has 0 N–H and O–H groups in total. The molecule has 0 radical (unpaired) electrons. The van der Waals surface area contributed by atoms with Gasteiger partial charge in [-0.2, -0.15) is 0 Å². The number of allylic oxidation sites excluding steroid dienone is 3. The molecule has 2 aliphatic carbocycles. The molecule has 0 amide bonds. The third kappa shape index (κ3) is 4.03. The number of hydrogen-bond donors (Lipinski definition) is 0. The fourth-order valence-corrected chi connectivity index (χ4v) is 7.90. The quantitative estimate of drug-likeness (QED) is 0.237. The highest BCUT2D eigenvalue weighted by atomic mass is 15.2. The first-order valence-corrected chi connectivity index (χ1v) is 15.8. The molecule has 1 fully saturated rings. The normalized spacial score (nSPS) is 17.6. The van der Waals surface area contributed by atoms with Crippen molar-refractivity contribution in [2.75, 3.05) is 28.8 Å². The van der Waals surface area contributed by atoms with E-state index in [1.165, 1.54) is 88.4 Å². The molecule has 0 bridgehead atoms. The Morgan fingerprint density at radius 1 is 0.714 bits per heavy atom. The fourth-order valence-electron chi connectivity index (χ4n) is 7.90. The van der Waals surface area contributed by atoms with Crippen molar-refractivity contribution in [3.8, 4) is 0 Å². The summed E-state index contributed by atoms with van der Waals surface area (Å²) in [6, 6.07) is 34.4. The predicted molar refractivity (Wildman–Crippen MR) is 180 cm³/mol. The predicted octanol–water partition coefficient (Wildman–Crippen LogP) is 8.49. The Balaban J connectivity index is 1.47. The summed E-state index contributed by atoms with van der Waals surface area (Å²) < 4.78 is 0. The van der Waals surface area contributed by atoms with Crippen LogP contribution in [0.3, 0.4) is 0 Å². The van der Waals surface area contributed by atoms with E-state index >= 15 is 0 Å². The van der Waals surface area contributed by atoms with Crippen LogP contribution in [0.1, 0.15) is 56.4 Å². The molecule has 42 heavy (non-hydrogen) atoms. The summed E-state index contributed by atoms with van der Waals surface area (Å²) in [5, 5.41) is 0. The minimum atomic E-state index is 0.241. The van der Waals surface area contributed by atoms with Crippen LogP contribution in [0.5, 0.6) is 0 Å². The summed E-state index contributed by atoms with van der Waals surface area (Å²) >= 11 is 0. The summed E-state index contributed by atoms with van der Waals surface area (Å²) in [7, 11) is 4.31. The summed E-state index contributed by atoms with van der Waals surface area (Å²) in [6.45, 7) is 0.241. The van der Waals surface area contributed by atoms with Gasteiger partial charge in [0.15, 0.2) is 0 Å². The van der Waals surface area contributed by atoms with E-state index in [-0.39, 0.29) is 6.71 Å². The zero-order valence-corrected chi connectivity index (χ0v) is 24.8. The van der Waals surface area contributed by atoms with Gasteiger partial charge in [-0.3, -0.25) is 0 Å². The Morgan fingerprint density at radius 2 is 1.38 bits per heavy atom. The lowest BCUT2D eigenvalue weighted by atomic mass is 9.32. The summed E-state index contributed by atoms with van der Waals surface area (Å²) in [5.41, 5.74) is 15.0. The summed E-state index contributed by atoms with van der Waals surface area (Å²) in [6.07, 6.45) is 13.6. The maximum atomic E-state index is 2.58. The molecule has 0 saturated heterocycles. The number of rotatable bonds is 4. The van der Waals surface area contributed by atoms with Crippen molar-refractivity contribution < 1.29 is 0 Å². The van der Waals surface area contributed by atoms with Crippen LogP contribution < -0.4 is 25.6 Å². The number of anilines is 6. The van der Waals surface area contributed by atoms with Crippen molar-refractivity contribution in [3.05, 3.63) is 120 Å². The van der Waals surface area contributed by atoms with Gasteiger partial charge in [-0.05, 0) is 109 Å². The molecule has 4 aliphatic rings. The minimum absolute atomic E-state index is 0.241. The number of benzene rings is 4. The zero-order valence-electron chi connectivity index (χ0n) is 24.8. The first kappa shape index (κ1) is 25.5. The first-order valence-electron chi connectivity index (χ1n) is 15.8. The second kappa shape index (κ2) is 10.3. The molecule has 8 rings (SSSR count). The van der Waals surface area contributed by atoms with Crippen LogP contribution in [0.2, 0.25) is 0 Å². The first-order chi connectivity index (χ1) is 20.7. The Labute approximate surface area is 250 Å². The number of fused-ring (bicyclic) bond motifs is 3. The summed E-state index contributed by atoms with van der Waals surface area (Å²) in [5.74, 6) is 0.615. The van der Waals surface area contributed by atoms with Gasteiger partial charge in [-0.15, -0.1) is 0 Å². The third-order valence-electron chi connectivity index (χ3n) is 9.89. The van der Waals surface area contributed by atoms with Gasteiger partial charge < -0.3 is 14.7 Å². The molecule has 2 aliphatic heterocycles. The van der Waals surface area contributed by atoms with E-state index in [0.717, 1.165) is 12.8 Å². The van der Waals surface area contributed by atoms with Gasteiger partial charge in [0, 0.05) is 53.9 Å². The van der Waals surface area contributed by atoms with Crippen LogP contribution in [-0.4, -0.2) is 20.8 Å². The van der Waals surface area contributed by atoms with Crippen molar-refractivity contribution >= 4 is 51.8 Å². The Hall–Kier alpha value is -4.18. The van der Waals surface area contributed by atoms with Crippen LogP contribution in [-0.2, 0) is 0 Å². The lowest BCUT2D eigenvalue weighted by Gasteiger charge is -2.46. The van der Waals surface area contributed by atoms with Gasteiger partial charge in [0.1, 0.15) is 0 Å². The molecule has 0 spiro atoms. The molecule has 2 heterocycles. The largest absolute Gasteiger partial charge is 0.378 e. The van der Waals surface area contributed by atoms with Crippen LogP contribution in [0.15, 0.2) is 114 Å². The van der Waals surface area contributed by atoms with E-state index in [1.54, 1.807) is 5.47 Å².